The largest absolute Gasteiger partial charge is 0.489 e. The number of halogens is 1. The lowest BCUT2D eigenvalue weighted by Gasteiger charge is -2.07. The molecule has 2 aromatic rings. The summed E-state index contributed by atoms with van der Waals surface area (Å²) in [7, 11) is 0. The Bertz CT molecular complexity index is 549. The van der Waals surface area contributed by atoms with Crippen LogP contribution in [0.4, 0.5) is 0 Å². The van der Waals surface area contributed by atoms with Crippen molar-refractivity contribution in [2.75, 3.05) is 0 Å². The summed E-state index contributed by atoms with van der Waals surface area (Å²) >= 11 is 6.00. The zero-order valence-electron chi connectivity index (χ0n) is 9.47. The van der Waals surface area contributed by atoms with Crippen LogP contribution in [0.15, 0.2) is 48.5 Å². The van der Waals surface area contributed by atoms with E-state index >= 15 is 0 Å². The monoisotopic (exact) mass is 262 g/mol. The number of carboxylic acid groups (broad SMARTS) is 1. The van der Waals surface area contributed by atoms with Crippen molar-refractivity contribution < 1.29 is 14.6 Å². The summed E-state index contributed by atoms with van der Waals surface area (Å²) in [5.74, 6) is -0.340. The van der Waals surface area contributed by atoms with Crippen LogP contribution < -0.4 is 4.74 Å². The van der Waals surface area contributed by atoms with Gasteiger partial charge in [0.25, 0.3) is 0 Å². The first kappa shape index (κ1) is 12.5. The predicted molar refractivity (Wildman–Crippen MR) is 69.2 cm³/mol. The fraction of sp³-hybridized carbons (Fsp3) is 0.0714. The van der Waals surface area contributed by atoms with E-state index in [1.54, 1.807) is 18.2 Å². The molecule has 0 fully saturated rings. The molecule has 0 aliphatic heterocycles. The van der Waals surface area contributed by atoms with E-state index in [4.69, 9.17) is 21.4 Å². The van der Waals surface area contributed by atoms with Gasteiger partial charge in [0.1, 0.15) is 12.4 Å². The zero-order chi connectivity index (χ0) is 13.0. The molecule has 0 aliphatic carbocycles. The predicted octanol–water partition coefficient (Wildman–Crippen LogP) is 3.62. The van der Waals surface area contributed by atoms with Gasteiger partial charge in [0, 0.05) is 10.6 Å². The van der Waals surface area contributed by atoms with E-state index in [9.17, 15) is 4.79 Å². The highest BCUT2D eigenvalue weighted by Crippen LogP contribution is 2.18. The molecule has 0 bridgehead atoms. The van der Waals surface area contributed by atoms with E-state index in [0.717, 1.165) is 5.56 Å². The van der Waals surface area contributed by atoms with Crippen molar-refractivity contribution in [3.8, 4) is 5.75 Å². The van der Waals surface area contributed by atoms with Gasteiger partial charge in [-0.25, -0.2) is 4.79 Å². The maximum Gasteiger partial charge on any atom is 0.335 e. The first-order valence-electron chi connectivity index (χ1n) is 5.36. The van der Waals surface area contributed by atoms with Crippen LogP contribution in [-0.2, 0) is 6.61 Å². The summed E-state index contributed by atoms with van der Waals surface area (Å²) in [4.78, 5) is 10.7. The van der Waals surface area contributed by atoms with Gasteiger partial charge in [-0.05, 0) is 30.3 Å². The minimum atomic E-state index is -0.951. The van der Waals surface area contributed by atoms with Crippen LogP contribution in [0.2, 0.25) is 5.02 Å². The van der Waals surface area contributed by atoms with Gasteiger partial charge in [-0.15, -0.1) is 0 Å². The molecular formula is C14H11ClO3. The zero-order valence-corrected chi connectivity index (χ0v) is 10.2. The van der Waals surface area contributed by atoms with E-state index in [-0.39, 0.29) is 5.56 Å². The van der Waals surface area contributed by atoms with Gasteiger partial charge < -0.3 is 9.84 Å². The van der Waals surface area contributed by atoms with Crippen molar-refractivity contribution in [1.29, 1.82) is 0 Å². The van der Waals surface area contributed by atoms with Crippen LogP contribution >= 0.6 is 11.6 Å². The number of carbonyl (C=O) groups is 1. The van der Waals surface area contributed by atoms with Crippen molar-refractivity contribution in [2.45, 2.75) is 6.61 Å². The molecule has 0 spiro atoms. The molecule has 0 heterocycles. The lowest BCUT2D eigenvalue weighted by atomic mass is 10.2. The Hall–Kier alpha value is -2.00. The van der Waals surface area contributed by atoms with Gasteiger partial charge in [0.05, 0.1) is 5.56 Å². The van der Waals surface area contributed by atoms with E-state index in [1.807, 2.05) is 18.2 Å². The van der Waals surface area contributed by atoms with Crippen molar-refractivity contribution in [1.82, 2.24) is 0 Å². The van der Waals surface area contributed by atoms with Crippen LogP contribution in [-0.4, -0.2) is 11.1 Å². The van der Waals surface area contributed by atoms with Crippen molar-refractivity contribution in [2.24, 2.45) is 0 Å². The molecule has 0 amide bonds. The molecular weight excluding hydrogens is 252 g/mol. The Morgan fingerprint density at radius 3 is 2.39 bits per heavy atom. The molecule has 92 valence electrons. The Balaban J connectivity index is 2.02. The van der Waals surface area contributed by atoms with E-state index in [1.165, 1.54) is 12.1 Å². The molecule has 2 rings (SSSR count). The summed E-state index contributed by atoms with van der Waals surface area (Å²) < 4.78 is 5.53. The van der Waals surface area contributed by atoms with Gasteiger partial charge in [-0.1, -0.05) is 29.8 Å². The molecule has 2 aromatic carbocycles. The second-order valence-corrected chi connectivity index (χ2v) is 4.12. The van der Waals surface area contributed by atoms with Crippen molar-refractivity contribution in [3.05, 3.63) is 64.7 Å². The maximum atomic E-state index is 10.7. The molecule has 3 nitrogen and oxygen atoms in total. The smallest absolute Gasteiger partial charge is 0.335 e. The van der Waals surface area contributed by atoms with E-state index in [0.29, 0.717) is 17.4 Å². The van der Waals surface area contributed by atoms with Gasteiger partial charge >= 0.3 is 5.97 Å². The lowest BCUT2D eigenvalue weighted by Crippen LogP contribution is -1.98. The number of hydrogen-bond acceptors (Lipinski definition) is 2. The molecule has 0 atom stereocenters. The molecule has 4 heteroatoms. The SMILES string of the molecule is O=C(O)c1ccc(OCc2ccccc2Cl)cc1. The number of ether oxygens (including phenoxy) is 1. The average Bonchev–Trinajstić information content (AvgIpc) is 2.38. The summed E-state index contributed by atoms with van der Waals surface area (Å²) in [5.41, 5.74) is 1.13. The van der Waals surface area contributed by atoms with Gasteiger partial charge in [0.2, 0.25) is 0 Å². The summed E-state index contributed by atoms with van der Waals surface area (Å²) in [5, 5.41) is 9.41. The molecule has 0 aromatic heterocycles. The highest BCUT2D eigenvalue weighted by Gasteiger charge is 2.03. The van der Waals surface area contributed by atoms with E-state index in [2.05, 4.69) is 0 Å². The normalized spacial score (nSPS) is 10.1. The van der Waals surface area contributed by atoms with Crippen molar-refractivity contribution in [3.63, 3.8) is 0 Å². The Morgan fingerprint density at radius 1 is 1.11 bits per heavy atom. The van der Waals surface area contributed by atoms with Crippen LogP contribution in [0.3, 0.4) is 0 Å². The Labute approximate surface area is 110 Å². The fourth-order valence-corrected chi connectivity index (χ4v) is 1.66. The first-order chi connectivity index (χ1) is 8.66. The van der Waals surface area contributed by atoms with Crippen LogP contribution in [0, 0.1) is 0 Å². The molecule has 0 radical (unpaired) electrons. The van der Waals surface area contributed by atoms with Crippen molar-refractivity contribution >= 4 is 17.6 Å². The summed E-state index contributed by atoms with van der Waals surface area (Å²) in [6.07, 6.45) is 0. The maximum absolute atomic E-state index is 10.7. The second kappa shape index (κ2) is 5.56. The number of hydrogen-bond donors (Lipinski definition) is 1. The molecule has 0 saturated heterocycles. The third-order valence-corrected chi connectivity index (χ3v) is 2.82. The summed E-state index contributed by atoms with van der Waals surface area (Å²) in [6, 6.07) is 13.7. The number of carboxylic acids is 1. The number of rotatable bonds is 4. The highest BCUT2D eigenvalue weighted by molar-refractivity contribution is 6.31. The fourth-order valence-electron chi connectivity index (χ4n) is 1.47. The van der Waals surface area contributed by atoms with Gasteiger partial charge in [0.15, 0.2) is 0 Å². The van der Waals surface area contributed by atoms with Crippen LogP contribution in [0.1, 0.15) is 15.9 Å². The molecule has 0 aliphatic rings. The average molecular weight is 263 g/mol. The molecule has 0 saturated carbocycles. The second-order valence-electron chi connectivity index (χ2n) is 3.71. The molecule has 1 N–H and O–H groups in total. The Morgan fingerprint density at radius 2 is 1.78 bits per heavy atom. The standard InChI is InChI=1S/C14H11ClO3/c15-13-4-2-1-3-11(13)9-18-12-7-5-10(6-8-12)14(16)17/h1-8H,9H2,(H,16,17). The summed E-state index contributed by atoms with van der Waals surface area (Å²) in [6.45, 7) is 0.353. The quantitative estimate of drug-likeness (QED) is 0.915. The lowest BCUT2D eigenvalue weighted by molar-refractivity contribution is 0.0697. The highest BCUT2D eigenvalue weighted by atomic mass is 35.5. The first-order valence-corrected chi connectivity index (χ1v) is 5.74. The van der Waals surface area contributed by atoms with E-state index < -0.39 is 5.97 Å². The van der Waals surface area contributed by atoms with Gasteiger partial charge in [-0.3, -0.25) is 0 Å². The third kappa shape index (κ3) is 3.02. The molecule has 0 unspecified atom stereocenters. The van der Waals surface area contributed by atoms with Crippen LogP contribution in [0.25, 0.3) is 0 Å². The molecule has 18 heavy (non-hydrogen) atoms. The minimum absolute atomic E-state index is 0.236. The Kier molecular flexibility index (Phi) is 3.85. The third-order valence-electron chi connectivity index (χ3n) is 2.45. The topological polar surface area (TPSA) is 46.5 Å². The minimum Gasteiger partial charge on any atom is -0.489 e. The van der Waals surface area contributed by atoms with Crippen LogP contribution in [0.5, 0.6) is 5.75 Å². The number of aromatic carboxylic acids is 1. The van der Waals surface area contributed by atoms with Gasteiger partial charge in [-0.2, -0.15) is 0 Å². The number of benzene rings is 2.